The van der Waals surface area contributed by atoms with Crippen molar-refractivity contribution in [3.63, 3.8) is 0 Å². The van der Waals surface area contributed by atoms with Crippen molar-refractivity contribution in [2.75, 3.05) is 25.5 Å². The molecule has 0 amide bonds. The Bertz CT molecular complexity index is 1350. The number of benzene rings is 2. The van der Waals surface area contributed by atoms with Gasteiger partial charge < -0.3 is 19.9 Å². The van der Waals surface area contributed by atoms with Crippen molar-refractivity contribution in [1.82, 2.24) is 19.9 Å². The molecule has 6 nitrogen and oxygen atoms in total. The Morgan fingerprint density at radius 3 is 2.80 bits per heavy atom. The van der Waals surface area contributed by atoms with Gasteiger partial charge in [0.25, 0.3) is 0 Å². The highest BCUT2D eigenvalue weighted by Crippen LogP contribution is 2.35. The summed E-state index contributed by atoms with van der Waals surface area (Å²) in [4.78, 5) is 9.23. The third-order valence-corrected chi connectivity index (χ3v) is 6.67. The summed E-state index contributed by atoms with van der Waals surface area (Å²) in [6.45, 7) is 3.04. The SMILES string of the molecule is COc1ccc(-c2cc3cnc(NCc4ccc(F)c(F)c4)nc3n2C[C@@H]2CCCNC2)c(Cl)c1. The second-order valence-electron chi connectivity index (χ2n) is 8.77. The van der Waals surface area contributed by atoms with Gasteiger partial charge in [0.2, 0.25) is 5.95 Å². The Labute approximate surface area is 207 Å². The number of piperidine rings is 1. The summed E-state index contributed by atoms with van der Waals surface area (Å²) in [5.74, 6) is -0.177. The first-order valence-corrected chi connectivity index (χ1v) is 12.0. The average molecular weight is 498 g/mol. The number of nitrogens with one attached hydrogen (secondary N) is 2. The number of hydrogen-bond acceptors (Lipinski definition) is 5. The summed E-state index contributed by atoms with van der Waals surface area (Å²) < 4.78 is 34.3. The Balaban J connectivity index is 1.51. The molecule has 0 saturated carbocycles. The van der Waals surface area contributed by atoms with Crippen LogP contribution in [0.15, 0.2) is 48.7 Å². The van der Waals surface area contributed by atoms with Gasteiger partial charge in [-0.1, -0.05) is 17.7 Å². The summed E-state index contributed by atoms with van der Waals surface area (Å²) in [7, 11) is 1.61. The van der Waals surface area contributed by atoms with E-state index in [1.54, 1.807) is 13.3 Å². The van der Waals surface area contributed by atoms with Gasteiger partial charge in [0.15, 0.2) is 11.6 Å². The second-order valence-corrected chi connectivity index (χ2v) is 9.18. The summed E-state index contributed by atoms with van der Waals surface area (Å²) in [6.07, 6.45) is 4.04. The summed E-state index contributed by atoms with van der Waals surface area (Å²) in [5, 5.41) is 8.10. The maximum atomic E-state index is 13.6. The van der Waals surface area contributed by atoms with Crippen LogP contribution in [-0.2, 0) is 13.1 Å². The van der Waals surface area contributed by atoms with Crippen molar-refractivity contribution in [2.45, 2.75) is 25.9 Å². The molecule has 1 saturated heterocycles. The predicted octanol–water partition coefficient (Wildman–Crippen LogP) is 5.65. The maximum absolute atomic E-state index is 13.6. The van der Waals surface area contributed by atoms with Crippen LogP contribution in [0.4, 0.5) is 14.7 Å². The fourth-order valence-corrected chi connectivity index (χ4v) is 4.80. The van der Waals surface area contributed by atoms with Gasteiger partial charge in [-0.2, -0.15) is 4.98 Å². The number of aromatic nitrogens is 3. The Hall–Kier alpha value is -3.23. The quantitative estimate of drug-likeness (QED) is 0.345. The largest absolute Gasteiger partial charge is 0.497 e. The van der Waals surface area contributed by atoms with E-state index >= 15 is 0 Å². The molecule has 1 aliphatic heterocycles. The van der Waals surface area contributed by atoms with Gasteiger partial charge in [-0.3, -0.25) is 0 Å². The molecule has 0 unspecified atom stereocenters. The van der Waals surface area contributed by atoms with E-state index in [1.165, 1.54) is 12.1 Å². The fraction of sp³-hybridized carbons (Fsp3) is 0.308. The van der Waals surface area contributed by atoms with E-state index in [9.17, 15) is 8.78 Å². The zero-order valence-corrected chi connectivity index (χ0v) is 20.1. The van der Waals surface area contributed by atoms with Crippen LogP contribution in [-0.4, -0.2) is 34.7 Å². The first kappa shape index (κ1) is 23.5. The molecule has 0 bridgehead atoms. The number of ether oxygens (including phenoxy) is 1. The predicted molar refractivity (Wildman–Crippen MR) is 134 cm³/mol. The van der Waals surface area contributed by atoms with Gasteiger partial charge >= 0.3 is 0 Å². The molecule has 2 aromatic heterocycles. The van der Waals surface area contributed by atoms with E-state index in [4.69, 9.17) is 21.3 Å². The normalized spacial score (nSPS) is 15.9. The minimum atomic E-state index is -0.878. The maximum Gasteiger partial charge on any atom is 0.224 e. The van der Waals surface area contributed by atoms with Gasteiger partial charge in [0, 0.05) is 30.2 Å². The molecule has 5 rings (SSSR count). The third kappa shape index (κ3) is 5.09. The van der Waals surface area contributed by atoms with Crippen LogP contribution in [0, 0.1) is 17.6 Å². The Morgan fingerprint density at radius 2 is 2.06 bits per heavy atom. The average Bonchev–Trinajstić information content (AvgIpc) is 3.22. The van der Waals surface area contributed by atoms with Crippen molar-refractivity contribution < 1.29 is 13.5 Å². The molecule has 1 atom stereocenters. The van der Waals surface area contributed by atoms with E-state index in [1.807, 2.05) is 18.2 Å². The third-order valence-electron chi connectivity index (χ3n) is 6.36. The van der Waals surface area contributed by atoms with Crippen molar-refractivity contribution in [3.05, 3.63) is 70.9 Å². The first-order chi connectivity index (χ1) is 17.0. The second kappa shape index (κ2) is 10.2. The molecule has 1 fully saturated rings. The van der Waals surface area contributed by atoms with Gasteiger partial charge in [-0.05, 0) is 73.8 Å². The summed E-state index contributed by atoms with van der Waals surface area (Å²) >= 11 is 6.65. The topological polar surface area (TPSA) is 64.0 Å². The Kier molecular flexibility index (Phi) is 6.83. The molecular weight excluding hydrogens is 472 g/mol. The number of hydrogen-bond donors (Lipinski definition) is 2. The molecule has 0 aliphatic carbocycles. The van der Waals surface area contributed by atoms with Crippen LogP contribution in [0.2, 0.25) is 5.02 Å². The molecule has 0 spiro atoms. The number of halogens is 3. The highest BCUT2D eigenvalue weighted by molar-refractivity contribution is 6.33. The molecule has 35 heavy (non-hydrogen) atoms. The molecule has 2 N–H and O–H groups in total. The number of rotatable bonds is 7. The van der Waals surface area contributed by atoms with Gasteiger partial charge in [-0.15, -0.1) is 0 Å². The molecule has 3 heterocycles. The first-order valence-electron chi connectivity index (χ1n) is 11.6. The number of fused-ring (bicyclic) bond motifs is 1. The van der Waals surface area contributed by atoms with E-state index in [0.717, 1.165) is 60.8 Å². The zero-order chi connectivity index (χ0) is 24.4. The molecular formula is C26H26ClF2N5O. The van der Waals surface area contributed by atoms with Crippen LogP contribution in [0.3, 0.4) is 0 Å². The van der Waals surface area contributed by atoms with Crippen LogP contribution < -0.4 is 15.4 Å². The molecule has 1 aliphatic rings. The lowest BCUT2D eigenvalue weighted by molar-refractivity contribution is 0.341. The van der Waals surface area contributed by atoms with Crippen LogP contribution in [0.5, 0.6) is 5.75 Å². The number of methoxy groups -OCH3 is 1. The molecule has 0 radical (unpaired) electrons. The standard InChI is InChI=1S/C26H26ClF2N5O/c1-35-19-5-6-20(21(27)11-19)24-10-18-14-32-26(31-13-16-4-7-22(28)23(29)9-16)33-25(18)34(24)15-17-3-2-8-30-12-17/h4-7,9-11,14,17,30H,2-3,8,12-13,15H2,1H3,(H,31,32,33)/t17-/m1/s1. The van der Waals surface area contributed by atoms with E-state index < -0.39 is 11.6 Å². The highest BCUT2D eigenvalue weighted by atomic mass is 35.5. The number of nitrogens with zero attached hydrogens (tertiary/aromatic N) is 3. The van der Waals surface area contributed by atoms with Crippen molar-refractivity contribution >= 4 is 28.6 Å². The molecule has 2 aromatic carbocycles. The molecule has 9 heteroatoms. The van der Waals surface area contributed by atoms with E-state index in [2.05, 4.69) is 26.3 Å². The Morgan fingerprint density at radius 1 is 1.17 bits per heavy atom. The lowest BCUT2D eigenvalue weighted by Gasteiger charge is -2.24. The van der Waals surface area contributed by atoms with Crippen molar-refractivity contribution in [3.8, 4) is 17.0 Å². The van der Waals surface area contributed by atoms with Gasteiger partial charge in [-0.25, -0.2) is 13.8 Å². The van der Waals surface area contributed by atoms with Crippen LogP contribution in [0.25, 0.3) is 22.3 Å². The minimum absolute atomic E-state index is 0.271. The zero-order valence-electron chi connectivity index (χ0n) is 19.3. The van der Waals surface area contributed by atoms with Crippen LogP contribution >= 0.6 is 11.6 Å². The van der Waals surface area contributed by atoms with Crippen molar-refractivity contribution in [2.24, 2.45) is 5.92 Å². The fourth-order valence-electron chi connectivity index (χ4n) is 4.53. The van der Waals surface area contributed by atoms with Gasteiger partial charge in [0.05, 0.1) is 17.8 Å². The molecule has 182 valence electrons. The lowest BCUT2D eigenvalue weighted by atomic mass is 9.99. The minimum Gasteiger partial charge on any atom is -0.497 e. The smallest absolute Gasteiger partial charge is 0.224 e. The summed E-state index contributed by atoms with van der Waals surface area (Å²) in [6, 6.07) is 11.5. The summed E-state index contributed by atoms with van der Waals surface area (Å²) in [5.41, 5.74) is 3.25. The van der Waals surface area contributed by atoms with Crippen molar-refractivity contribution in [1.29, 1.82) is 0 Å². The van der Waals surface area contributed by atoms with Gasteiger partial charge in [0.1, 0.15) is 11.4 Å². The monoisotopic (exact) mass is 497 g/mol. The van der Waals surface area contributed by atoms with E-state index in [0.29, 0.717) is 28.2 Å². The van der Waals surface area contributed by atoms with Crippen LogP contribution in [0.1, 0.15) is 18.4 Å². The lowest BCUT2D eigenvalue weighted by Crippen LogP contribution is -2.32. The molecule has 4 aromatic rings. The number of anilines is 1. The van der Waals surface area contributed by atoms with E-state index in [-0.39, 0.29) is 6.54 Å². The highest BCUT2D eigenvalue weighted by Gasteiger charge is 2.20.